The number of carbonyl (C=O) groups is 2. The minimum atomic E-state index is -5.06. The summed E-state index contributed by atoms with van der Waals surface area (Å²) >= 11 is 0.761. The average Bonchev–Trinajstić information content (AvgIpc) is 3.55. The second-order valence-corrected chi connectivity index (χ2v) is 11.5. The molecular formula is C34H28F3N3O6S. The topological polar surface area (TPSA) is 101 Å². The van der Waals surface area contributed by atoms with Gasteiger partial charge >= 0.3 is 18.1 Å². The predicted molar refractivity (Wildman–Crippen MR) is 170 cm³/mol. The van der Waals surface area contributed by atoms with Gasteiger partial charge < -0.3 is 18.8 Å². The van der Waals surface area contributed by atoms with Crippen molar-refractivity contribution in [3.63, 3.8) is 0 Å². The molecule has 242 valence electrons. The van der Waals surface area contributed by atoms with Crippen LogP contribution in [0.2, 0.25) is 0 Å². The summed E-state index contributed by atoms with van der Waals surface area (Å²) in [7, 11) is 1.36. The third-order valence-corrected chi connectivity index (χ3v) is 8.71. The van der Waals surface area contributed by atoms with Gasteiger partial charge in [-0.2, -0.15) is 13.2 Å². The molecular weight excluding hydrogens is 635 g/mol. The summed E-state index contributed by atoms with van der Waals surface area (Å²) in [6.45, 7) is 3.11. The molecule has 0 radical (unpaired) electrons. The molecule has 47 heavy (non-hydrogen) atoms. The highest BCUT2D eigenvalue weighted by molar-refractivity contribution is 7.07. The number of para-hydroxylation sites is 1. The van der Waals surface area contributed by atoms with E-state index in [1.165, 1.54) is 14.0 Å². The highest BCUT2D eigenvalue weighted by Gasteiger charge is 2.46. The molecule has 0 spiro atoms. The van der Waals surface area contributed by atoms with E-state index >= 15 is 0 Å². The van der Waals surface area contributed by atoms with Crippen LogP contribution in [0.3, 0.4) is 0 Å². The molecule has 0 aliphatic carbocycles. The molecule has 0 saturated heterocycles. The van der Waals surface area contributed by atoms with Gasteiger partial charge in [0.05, 0.1) is 30.4 Å². The first-order chi connectivity index (χ1) is 22.6. The Morgan fingerprint density at radius 1 is 0.979 bits per heavy atom. The number of fused-ring (bicyclic) bond motifs is 3. The van der Waals surface area contributed by atoms with E-state index in [1.807, 2.05) is 12.1 Å². The molecule has 2 aromatic heterocycles. The Kier molecular flexibility index (Phi) is 8.49. The summed E-state index contributed by atoms with van der Waals surface area (Å²) in [5, 5.41) is 1.85. The van der Waals surface area contributed by atoms with Crippen molar-refractivity contribution in [2.45, 2.75) is 32.6 Å². The molecule has 0 amide bonds. The Bertz CT molecular complexity index is 2260. The summed E-state index contributed by atoms with van der Waals surface area (Å²) in [5.74, 6) is -1.52. The third kappa shape index (κ3) is 5.71. The number of thiazole rings is 1. The van der Waals surface area contributed by atoms with Crippen LogP contribution in [0.25, 0.3) is 27.8 Å². The van der Waals surface area contributed by atoms with Crippen molar-refractivity contribution in [2.75, 3.05) is 20.3 Å². The molecule has 0 N–H and O–H groups in total. The van der Waals surface area contributed by atoms with Crippen LogP contribution in [-0.2, 0) is 25.6 Å². The third-order valence-electron chi connectivity index (χ3n) is 7.73. The minimum Gasteiger partial charge on any atom is -0.496 e. The Balaban J connectivity index is 1.67. The Hall–Kier alpha value is -5.17. The van der Waals surface area contributed by atoms with E-state index < -0.39 is 41.0 Å². The highest BCUT2D eigenvalue weighted by Crippen LogP contribution is 2.43. The van der Waals surface area contributed by atoms with Crippen molar-refractivity contribution in [1.29, 1.82) is 0 Å². The van der Waals surface area contributed by atoms with Crippen molar-refractivity contribution < 1.29 is 37.0 Å². The molecule has 9 nitrogen and oxygen atoms in total. The van der Waals surface area contributed by atoms with Crippen LogP contribution >= 0.6 is 11.3 Å². The number of ether oxygens (including phenoxy) is 3. The van der Waals surface area contributed by atoms with Crippen LogP contribution in [0.15, 0.2) is 87.9 Å². The second kappa shape index (κ2) is 12.6. The first kappa shape index (κ1) is 31.8. The summed E-state index contributed by atoms with van der Waals surface area (Å²) in [6, 6.07) is 15.9. The summed E-state index contributed by atoms with van der Waals surface area (Å²) in [4.78, 5) is 43.7. The number of rotatable bonds is 8. The van der Waals surface area contributed by atoms with E-state index in [-0.39, 0.29) is 40.4 Å². The van der Waals surface area contributed by atoms with E-state index in [4.69, 9.17) is 14.2 Å². The molecule has 3 heterocycles. The summed E-state index contributed by atoms with van der Waals surface area (Å²) in [6.07, 6.45) is -1.84. The standard InChI is InChI=1S/C34H28F3N3O6S/c1-4-45-26(41)18-39-17-20(21-11-8-9-13-23(21)39)16-25-31(42)40-29(27-22-12-7-6-10-19(22)14-15-24(27)44-3)28(32(43)46-5-2)30(34(35,36)37)38-33(40)47-25/h6-17,29H,4-5,18H2,1-3H3/b25-16-/t29-/m0/s1. The number of hydrogen-bond donors (Lipinski definition) is 0. The zero-order valence-electron chi connectivity index (χ0n) is 25.5. The molecule has 1 aliphatic heterocycles. The lowest BCUT2D eigenvalue weighted by atomic mass is 9.90. The summed E-state index contributed by atoms with van der Waals surface area (Å²) in [5.41, 5.74) is -1.51. The fourth-order valence-electron chi connectivity index (χ4n) is 5.86. The van der Waals surface area contributed by atoms with E-state index in [1.54, 1.807) is 72.3 Å². The number of hydrogen-bond acceptors (Lipinski definition) is 8. The molecule has 13 heteroatoms. The Morgan fingerprint density at radius 3 is 2.38 bits per heavy atom. The molecule has 5 aromatic rings. The first-order valence-electron chi connectivity index (χ1n) is 14.7. The maximum absolute atomic E-state index is 14.7. The number of carbonyl (C=O) groups excluding carboxylic acids is 2. The largest absolute Gasteiger partial charge is 0.496 e. The van der Waals surface area contributed by atoms with Crippen LogP contribution in [0.5, 0.6) is 5.75 Å². The van der Waals surface area contributed by atoms with Gasteiger partial charge in [-0.1, -0.05) is 59.9 Å². The molecule has 3 aromatic carbocycles. The van der Waals surface area contributed by atoms with Gasteiger partial charge in [0.15, 0.2) is 10.5 Å². The highest BCUT2D eigenvalue weighted by atomic mass is 32.1. The van der Waals surface area contributed by atoms with Gasteiger partial charge in [-0.3, -0.25) is 14.2 Å². The number of benzene rings is 3. The zero-order valence-corrected chi connectivity index (χ0v) is 26.3. The molecule has 1 aliphatic rings. The van der Waals surface area contributed by atoms with Gasteiger partial charge in [0.1, 0.15) is 18.3 Å². The lowest BCUT2D eigenvalue weighted by Gasteiger charge is -2.28. The quantitative estimate of drug-likeness (QED) is 0.216. The normalized spacial score (nSPS) is 15.1. The first-order valence-corrected chi connectivity index (χ1v) is 15.5. The van der Waals surface area contributed by atoms with Gasteiger partial charge in [-0.15, -0.1) is 0 Å². The molecule has 0 saturated carbocycles. The summed E-state index contributed by atoms with van der Waals surface area (Å²) < 4.78 is 62.9. The smallest absolute Gasteiger partial charge is 0.434 e. The molecule has 1 atom stereocenters. The van der Waals surface area contributed by atoms with Crippen LogP contribution in [0, 0.1) is 0 Å². The van der Waals surface area contributed by atoms with Crippen molar-refractivity contribution in [3.8, 4) is 5.75 Å². The minimum absolute atomic E-state index is 0.0682. The van der Waals surface area contributed by atoms with Crippen LogP contribution in [0.1, 0.15) is 31.0 Å². The monoisotopic (exact) mass is 663 g/mol. The molecule has 0 fully saturated rings. The van der Waals surface area contributed by atoms with Crippen molar-refractivity contribution >= 4 is 51.0 Å². The fraction of sp³-hybridized carbons (Fsp3) is 0.235. The number of aromatic nitrogens is 2. The van der Waals surface area contributed by atoms with Gasteiger partial charge in [-0.25, -0.2) is 9.79 Å². The van der Waals surface area contributed by atoms with E-state index in [0.29, 0.717) is 27.2 Å². The Morgan fingerprint density at radius 2 is 1.68 bits per heavy atom. The Labute approximate surface area is 269 Å². The molecule has 6 rings (SSSR count). The number of allylic oxidation sites excluding steroid dienone is 1. The van der Waals surface area contributed by atoms with Gasteiger partial charge in [0.2, 0.25) is 0 Å². The van der Waals surface area contributed by atoms with Gasteiger partial charge in [0, 0.05) is 28.2 Å². The van der Waals surface area contributed by atoms with Crippen LogP contribution in [-0.4, -0.2) is 47.6 Å². The second-order valence-electron chi connectivity index (χ2n) is 10.5. The van der Waals surface area contributed by atoms with Crippen LogP contribution in [0.4, 0.5) is 13.2 Å². The predicted octanol–water partition coefficient (Wildman–Crippen LogP) is 5.02. The number of methoxy groups -OCH3 is 1. The number of nitrogens with zero attached hydrogens (tertiary/aromatic N) is 3. The van der Waals surface area contributed by atoms with Gasteiger partial charge in [-0.05, 0) is 42.8 Å². The number of esters is 2. The number of alkyl halides is 3. The zero-order chi connectivity index (χ0) is 33.5. The SMILES string of the molecule is CCOC(=O)Cn1cc(/C=c2\sc3n(c2=O)[C@@H](c2c(OC)ccc4ccccc24)C(C(=O)OCC)=C(C(F)(F)F)N=3)c2ccccc21. The van der Waals surface area contributed by atoms with E-state index in [2.05, 4.69) is 4.99 Å². The molecule has 0 bridgehead atoms. The molecule has 0 unspecified atom stereocenters. The van der Waals surface area contributed by atoms with Crippen molar-refractivity contribution in [2.24, 2.45) is 4.99 Å². The van der Waals surface area contributed by atoms with Crippen LogP contribution < -0.4 is 19.6 Å². The maximum Gasteiger partial charge on any atom is 0.434 e. The van der Waals surface area contributed by atoms with Gasteiger partial charge in [0.25, 0.3) is 5.56 Å². The maximum atomic E-state index is 14.7. The number of halogens is 3. The lowest BCUT2D eigenvalue weighted by Crippen LogP contribution is -2.41. The van der Waals surface area contributed by atoms with Crippen molar-refractivity contribution in [3.05, 3.63) is 109 Å². The van der Waals surface area contributed by atoms with Crippen molar-refractivity contribution in [1.82, 2.24) is 9.13 Å². The van der Waals surface area contributed by atoms with E-state index in [0.717, 1.165) is 15.9 Å². The fourth-order valence-corrected chi connectivity index (χ4v) is 6.85. The van der Waals surface area contributed by atoms with E-state index in [9.17, 15) is 27.6 Å². The lowest BCUT2D eigenvalue weighted by molar-refractivity contribution is -0.143. The average molecular weight is 664 g/mol.